The van der Waals surface area contributed by atoms with Crippen molar-refractivity contribution in [3.05, 3.63) is 35.4 Å². The van der Waals surface area contributed by atoms with Crippen LogP contribution >= 0.6 is 0 Å². The summed E-state index contributed by atoms with van der Waals surface area (Å²) < 4.78 is 0. The van der Waals surface area contributed by atoms with E-state index in [0.29, 0.717) is 17.9 Å². The van der Waals surface area contributed by atoms with Crippen molar-refractivity contribution >= 4 is 5.91 Å². The number of hydrogen-bond acceptors (Lipinski definition) is 2. The lowest BCUT2D eigenvalue weighted by atomic mass is 9.98. The molecule has 1 heterocycles. The van der Waals surface area contributed by atoms with Gasteiger partial charge in [-0.25, -0.2) is 0 Å². The van der Waals surface area contributed by atoms with Crippen LogP contribution in [0.2, 0.25) is 0 Å². The summed E-state index contributed by atoms with van der Waals surface area (Å²) >= 11 is 0. The van der Waals surface area contributed by atoms with Gasteiger partial charge in [0.15, 0.2) is 0 Å². The molecule has 1 aliphatic carbocycles. The molecule has 1 aromatic carbocycles. The van der Waals surface area contributed by atoms with E-state index in [0.717, 1.165) is 31.5 Å². The van der Waals surface area contributed by atoms with E-state index in [1.165, 1.54) is 12.0 Å². The zero-order valence-corrected chi connectivity index (χ0v) is 11.5. The monoisotopic (exact) mass is 258 g/mol. The molecule has 1 saturated heterocycles. The number of aryl methyl sites for hydroxylation is 1. The van der Waals surface area contributed by atoms with Crippen molar-refractivity contribution in [2.45, 2.75) is 32.2 Å². The van der Waals surface area contributed by atoms with Gasteiger partial charge in [0.05, 0.1) is 0 Å². The Kier molecular flexibility index (Phi) is 3.31. The van der Waals surface area contributed by atoms with Gasteiger partial charge in [-0.15, -0.1) is 0 Å². The summed E-state index contributed by atoms with van der Waals surface area (Å²) in [7, 11) is 0. The largest absolute Gasteiger partial charge is 0.338 e. The molecule has 2 aliphatic rings. The number of fused-ring (bicyclic) bond motifs is 1. The van der Waals surface area contributed by atoms with Crippen molar-refractivity contribution in [2.24, 2.45) is 17.6 Å². The molecule has 2 N–H and O–H groups in total. The number of carbonyl (C=O) groups excluding carboxylic acids is 1. The Morgan fingerprint density at radius 2 is 2.00 bits per heavy atom. The molecular formula is C16H22N2O. The summed E-state index contributed by atoms with van der Waals surface area (Å²) in [6.07, 6.45) is 3.32. The van der Waals surface area contributed by atoms with Crippen molar-refractivity contribution < 1.29 is 4.79 Å². The van der Waals surface area contributed by atoms with E-state index in [2.05, 4.69) is 19.1 Å². The van der Waals surface area contributed by atoms with E-state index < -0.39 is 0 Å². The third-order valence-corrected chi connectivity index (χ3v) is 4.81. The Morgan fingerprint density at radius 3 is 2.63 bits per heavy atom. The number of likely N-dealkylation sites (tertiary alicyclic amines) is 1. The van der Waals surface area contributed by atoms with Crippen LogP contribution in [0.4, 0.5) is 0 Å². The second kappa shape index (κ2) is 4.97. The van der Waals surface area contributed by atoms with Gasteiger partial charge in [-0.3, -0.25) is 4.79 Å². The minimum Gasteiger partial charge on any atom is -0.338 e. The van der Waals surface area contributed by atoms with E-state index in [-0.39, 0.29) is 5.91 Å². The molecule has 0 spiro atoms. The highest BCUT2D eigenvalue weighted by Gasteiger charge is 2.42. The van der Waals surface area contributed by atoms with Crippen molar-refractivity contribution in [3.63, 3.8) is 0 Å². The maximum absolute atomic E-state index is 12.5. The number of hydrogen-bond donors (Lipinski definition) is 1. The van der Waals surface area contributed by atoms with Gasteiger partial charge in [-0.1, -0.05) is 19.1 Å². The first-order valence-electron chi connectivity index (χ1n) is 7.33. The zero-order valence-electron chi connectivity index (χ0n) is 11.5. The minimum atomic E-state index is 0.171. The predicted molar refractivity (Wildman–Crippen MR) is 75.9 cm³/mol. The topological polar surface area (TPSA) is 46.3 Å². The van der Waals surface area contributed by atoms with Crippen LogP contribution in [0.1, 0.15) is 35.7 Å². The molecule has 3 rings (SSSR count). The molecule has 102 valence electrons. The van der Waals surface area contributed by atoms with Crippen LogP contribution in [-0.2, 0) is 6.42 Å². The molecule has 19 heavy (non-hydrogen) atoms. The fraction of sp³-hybridized carbons (Fsp3) is 0.562. The second-order valence-electron chi connectivity index (χ2n) is 5.93. The number of amides is 1. The lowest BCUT2D eigenvalue weighted by Crippen LogP contribution is -2.33. The Hall–Kier alpha value is -1.35. The van der Waals surface area contributed by atoms with Gasteiger partial charge >= 0.3 is 0 Å². The van der Waals surface area contributed by atoms with E-state index in [4.69, 9.17) is 5.73 Å². The maximum Gasteiger partial charge on any atom is 0.253 e. The number of nitrogens with two attached hydrogens (primary N) is 1. The normalized spacial score (nSPS) is 29.6. The first kappa shape index (κ1) is 12.7. The molecule has 2 fully saturated rings. The fourth-order valence-corrected chi connectivity index (χ4v) is 3.54. The Labute approximate surface area is 114 Å². The highest BCUT2D eigenvalue weighted by Crippen LogP contribution is 2.37. The van der Waals surface area contributed by atoms with Gasteiger partial charge in [-0.2, -0.15) is 0 Å². The van der Waals surface area contributed by atoms with Crippen LogP contribution in [0.3, 0.4) is 0 Å². The predicted octanol–water partition coefficient (Wildman–Crippen LogP) is 2.06. The second-order valence-corrected chi connectivity index (χ2v) is 5.93. The standard InChI is InChI=1S/C16H22N2O/c1-2-11-3-5-12(6-4-11)16(19)18-9-13-7-8-15(17)14(13)10-18/h3-6,13-15H,2,7-10,17H2,1H3. The molecule has 1 amide bonds. The molecule has 0 bridgehead atoms. The van der Waals surface area contributed by atoms with E-state index in [9.17, 15) is 4.79 Å². The fourth-order valence-electron chi connectivity index (χ4n) is 3.54. The van der Waals surface area contributed by atoms with Crippen molar-refractivity contribution in [3.8, 4) is 0 Å². The van der Waals surface area contributed by atoms with Crippen molar-refractivity contribution in [2.75, 3.05) is 13.1 Å². The summed E-state index contributed by atoms with van der Waals surface area (Å²) in [5.74, 6) is 1.33. The number of benzene rings is 1. The summed E-state index contributed by atoms with van der Waals surface area (Å²) in [5, 5.41) is 0. The number of carbonyl (C=O) groups is 1. The van der Waals surface area contributed by atoms with Gasteiger partial charge in [0, 0.05) is 24.7 Å². The molecule has 1 saturated carbocycles. The summed E-state index contributed by atoms with van der Waals surface area (Å²) in [5.41, 5.74) is 8.21. The zero-order chi connectivity index (χ0) is 13.4. The molecule has 1 aliphatic heterocycles. The first-order chi connectivity index (χ1) is 9.19. The van der Waals surface area contributed by atoms with Crippen molar-refractivity contribution in [1.82, 2.24) is 4.90 Å². The highest BCUT2D eigenvalue weighted by molar-refractivity contribution is 5.94. The van der Waals surface area contributed by atoms with Crippen LogP contribution in [0.15, 0.2) is 24.3 Å². The summed E-state index contributed by atoms with van der Waals surface area (Å²) in [4.78, 5) is 14.5. The van der Waals surface area contributed by atoms with E-state index >= 15 is 0 Å². The molecule has 0 aromatic heterocycles. The molecule has 1 aromatic rings. The van der Waals surface area contributed by atoms with Crippen LogP contribution in [0.25, 0.3) is 0 Å². The average Bonchev–Trinajstić information content (AvgIpc) is 3.01. The molecule has 3 heteroatoms. The van der Waals surface area contributed by atoms with E-state index in [1.807, 2.05) is 17.0 Å². The third kappa shape index (κ3) is 2.27. The van der Waals surface area contributed by atoms with E-state index in [1.54, 1.807) is 0 Å². The molecule has 3 unspecified atom stereocenters. The summed E-state index contributed by atoms with van der Waals surface area (Å²) in [6.45, 7) is 3.87. The molecule has 3 nitrogen and oxygen atoms in total. The smallest absolute Gasteiger partial charge is 0.253 e. The third-order valence-electron chi connectivity index (χ3n) is 4.81. The van der Waals surface area contributed by atoms with Gasteiger partial charge in [0.2, 0.25) is 0 Å². The Bertz CT molecular complexity index is 468. The SMILES string of the molecule is CCc1ccc(C(=O)N2CC3CCC(N)C3C2)cc1. The van der Waals surface area contributed by atoms with Crippen LogP contribution in [-0.4, -0.2) is 29.9 Å². The first-order valence-corrected chi connectivity index (χ1v) is 7.33. The number of rotatable bonds is 2. The van der Waals surface area contributed by atoms with Gasteiger partial charge in [0.1, 0.15) is 0 Å². The van der Waals surface area contributed by atoms with Crippen LogP contribution in [0.5, 0.6) is 0 Å². The van der Waals surface area contributed by atoms with Gasteiger partial charge in [0.25, 0.3) is 5.91 Å². The van der Waals surface area contributed by atoms with Crippen molar-refractivity contribution in [1.29, 1.82) is 0 Å². The molecule has 3 atom stereocenters. The maximum atomic E-state index is 12.5. The lowest BCUT2D eigenvalue weighted by molar-refractivity contribution is 0.0779. The minimum absolute atomic E-state index is 0.171. The quantitative estimate of drug-likeness (QED) is 0.882. The number of nitrogens with zero attached hydrogens (tertiary/aromatic N) is 1. The summed E-state index contributed by atoms with van der Waals surface area (Å²) in [6, 6.07) is 8.31. The Morgan fingerprint density at radius 1 is 1.26 bits per heavy atom. The van der Waals surface area contributed by atoms with Crippen LogP contribution in [0, 0.1) is 11.8 Å². The lowest BCUT2D eigenvalue weighted by Gasteiger charge is -2.19. The van der Waals surface area contributed by atoms with Gasteiger partial charge in [-0.05, 0) is 48.8 Å². The molecular weight excluding hydrogens is 236 g/mol. The Balaban J connectivity index is 1.71. The van der Waals surface area contributed by atoms with Gasteiger partial charge < -0.3 is 10.6 Å². The van der Waals surface area contributed by atoms with Crippen LogP contribution < -0.4 is 5.73 Å². The average molecular weight is 258 g/mol. The highest BCUT2D eigenvalue weighted by atomic mass is 16.2. The molecule has 0 radical (unpaired) electrons.